The number of nitrogen functional groups attached to an aromatic ring is 1. The third-order valence-electron chi connectivity index (χ3n) is 6.83. The van der Waals surface area contributed by atoms with E-state index in [1.807, 2.05) is 0 Å². The number of imidazole rings is 1. The average Bonchev–Trinajstić information content (AvgIpc) is 3.19. The SMILES string of the molecule is Nc1cc(Cl)cc(Cl)c1S(=O)(=O)NC(CCn1ccnc1Cl)C(=O)N1CC[C@H]2CCCC[C@@H]2C1. The van der Waals surface area contributed by atoms with E-state index in [1.54, 1.807) is 21.9 Å². The maximum absolute atomic E-state index is 13.6. The van der Waals surface area contributed by atoms with Crippen LogP contribution in [0.3, 0.4) is 0 Å². The number of piperidine rings is 1. The van der Waals surface area contributed by atoms with Gasteiger partial charge in [-0.05, 0) is 54.8 Å². The molecule has 0 radical (unpaired) electrons. The van der Waals surface area contributed by atoms with Gasteiger partial charge in [0.2, 0.25) is 21.2 Å². The molecule has 2 heterocycles. The zero-order valence-electron chi connectivity index (χ0n) is 18.6. The van der Waals surface area contributed by atoms with Crippen LogP contribution in [0, 0.1) is 11.8 Å². The number of sulfonamides is 1. The number of aryl methyl sites for hydroxylation is 1. The van der Waals surface area contributed by atoms with Crippen LogP contribution in [0.1, 0.15) is 38.5 Å². The van der Waals surface area contributed by atoms with E-state index in [-0.39, 0.29) is 38.2 Å². The van der Waals surface area contributed by atoms with Crippen molar-refractivity contribution >= 4 is 56.4 Å². The lowest BCUT2D eigenvalue weighted by Crippen LogP contribution is -2.53. The van der Waals surface area contributed by atoms with Crippen molar-refractivity contribution in [3.05, 3.63) is 39.9 Å². The number of amides is 1. The first kappa shape index (κ1) is 25.6. The Kier molecular flexibility index (Phi) is 7.99. The Bertz CT molecular complexity index is 1130. The van der Waals surface area contributed by atoms with Crippen LogP contribution in [0.4, 0.5) is 5.69 Å². The average molecular weight is 549 g/mol. The number of nitrogens with two attached hydrogens (primary N) is 1. The predicted octanol–water partition coefficient (Wildman–Crippen LogP) is 4.20. The third-order valence-corrected chi connectivity index (χ3v) is 9.36. The fraction of sp³-hybridized carbons (Fsp3) is 0.545. The molecule has 0 spiro atoms. The number of nitrogens with one attached hydrogen (secondary N) is 1. The topological polar surface area (TPSA) is 110 Å². The first-order valence-electron chi connectivity index (χ1n) is 11.4. The Morgan fingerprint density at radius 3 is 2.59 bits per heavy atom. The van der Waals surface area contributed by atoms with Crippen molar-refractivity contribution in [2.75, 3.05) is 18.8 Å². The van der Waals surface area contributed by atoms with Crippen molar-refractivity contribution < 1.29 is 13.2 Å². The summed E-state index contributed by atoms with van der Waals surface area (Å²) in [7, 11) is -4.22. The summed E-state index contributed by atoms with van der Waals surface area (Å²) in [5, 5.41) is 0.380. The lowest BCUT2D eigenvalue weighted by atomic mass is 9.75. The van der Waals surface area contributed by atoms with Crippen molar-refractivity contribution in [2.45, 2.75) is 56.0 Å². The summed E-state index contributed by atoms with van der Waals surface area (Å²) < 4.78 is 30.8. The van der Waals surface area contributed by atoms with Crippen LogP contribution in [-0.2, 0) is 21.4 Å². The zero-order valence-corrected chi connectivity index (χ0v) is 21.7. The molecule has 1 saturated heterocycles. The quantitative estimate of drug-likeness (QED) is 0.504. The van der Waals surface area contributed by atoms with Crippen molar-refractivity contribution in [2.24, 2.45) is 11.8 Å². The summed E-state index contributed by atoms with van der Waals surface area (Å²) in [5.74, 6) is 0.853. The van der Waals surface area contributed by atoms with E-state index in [4.69, 9.17) is 40.5 Å². The molecule has 2 aromatic rings. The first-order chi connectivity index (χ1) is 16.2. The van der Waals surface area contributed by atoms with Crippen molar-refractivity contribution in [3.63, 3.8) is 0 Å². The maximum Gasteiger partial charge on any atom is 0.244 e. The van der Waals surface area contributed by atoms with Crippen molar-refractivity contribution in [3.8, 4) is 0 Å². The van der Waals surface area contributed by atoms with Crippen LogP contribution in [0.15, 0.2) is 29.4 Å². The lowest BCUT2D eigenvalue weighted by Gasteiger charge is -2.42. The number of fused-ring (bicyclic) bond motifs is 1. The van der Waals surface area contributed by atoms with Crippen molar-refractivity contribution in [1.82, 2.24) is 19.2 Å². The Morgan fingerprint density at radius 2 is 1.91 bits per heavy atom. The van der Waals surface area contributed by atoms with E-state index in [2.05, 4.69) is 9.71 Å². The van der Waals surface area contributed by atoms with Gasteiger partial charge in [-0.15, -0.1) is 0 Å². The highest BCUT2D eigenvalue weighted by Crippen LogP contribution is 2.36. The van der Waals surface area contributed by atoms with E-state index >= 15 is 0 Å². The van der Waals surface area contributed by atoms with Gasteiger partial charge in [-0.1, -0.05) is 42.5 Å². The number of carbonyl (C=O) groups is 1. The summed E-state index contributed by atoms with van der Waals surface area (Å²) in [4.78, 5) is 19.1. The Morgan fingerprint density at radius 1 is 1.18 bits per heavy atom. The smallest absolute Gasteiger partial charge is 0.244 e. The van der Waals surface area contributed by atoms with Gasteiger partial charge in [-0.25, -0.2) is 13.4 Å². The highest BCUT2D eigenvalue weighted by Gasteiger charge is 2.37. The Hall–Kier alpha value is -1.52. The molecular weight excluding hydrogens is 521 g/mol. The monoisotopic (exact) mass is 547 g/mol. The normalized spacial score (nSPS) is 21.8. The second kappa shape index (κ2) is 10.6. The molecule has 34 heavy (non-hydrogen) atoms. The summed E-state index contributed by atoms with van der Waals surface area (Å²) in [5.41, 5.74) is 5.85. The minimum Gasteiger partial charge on any atom is -0.398 e. The number of aromatic nitrogens is 2. The molecule has 0 bridgehead atoms. The first-order valence-corrected chi connectivity index (χ1v) is 14.0. The summed E-state index contributed by atoms with van der Waals surface area (Å²) in [6, 6.07) is 1.61. The predicted molar refractivity (Wildman–Crippen MR) is 133 cm³/mol. The molecule has 1 amide bonds. The van der Waals surface area contributed by atoms with Gasteiger partial charge in [0.05, 0.1) is 10.7 Å². The van der Waals surface area contributed by atoms with Gasteiger partial charge in [-0.2, -0.15) is 4.72 Å². The highest BCUT2D eigenvalue weighted by atomic mass is 35.5. The number of nitrogens with zero attached hydrogens (tertiary/aromatic N) is 3. The molecular formula is C22H28Cl3N5O3S. The van der Waals surface area contributed by atoms with Crippen LogP contribution in [0.2, 0.25) is 15.3 Å². The lowest BCUT2D eigenvalue weighted by molar-refractivity contribution is -0.136. The fourth-order valence-corrected chi connectivity index (χ4v) is 7.52. The van der Waals surface area contributed by atoms with Gasteiger partial charge in [0, 0.05) is 37.1 Å². The molecule has 1 aromatic heterocycles. The van der Waals surface area contributed by atoms with E-state index in [0.29, 0.717) is 31.5 Å². The number of likely N-dealkylation sites (tertiary alicyclic amines) is 1. The highest BCUT2D eigenvalue weighted by molar-refractivity contribution is 7.89. The molecule has 8 nitrogen and oxygen atoms in total. The number of carbonyl (C=O) groups excluding carboxylic acids is 1. The van der Waals surface area contributed by atoms with Crippen LogP contribution in [0.25, 0.3) is 0 Å². The molecule has 2 fully saturated rings. The number of anilines is 1. The van der Waals surface area contributed by atoms with Gasteiger partial charge in [0.15, 0.2) is 0 Å². The molecule has 4 rings (SSSR count). The minimum absolute atomic E-state index is 0.0862. The molecule has 186 valence electrons. The maximum atomic E-state index is 13.6. The fourth-order valence-electron chi connectivity index (χ4n) is 5.11. The zero-order chi connectivity index (χ0) is 24.5. The van der Waals surface area contributed by atoms with Crippen LogP contribution < -0.4 is 10.5 Å². The van der Waals surface area contributed by atoms with Crippen LogP contribution >= 0.6 is 34.8 Å². The summed E-state index contributed by atoms with van der Waals surface area (Å²) >= 11 is 18.2. The molecule has 1 aromatic carbocycles. The van der Waals surface area contributed by atoms with Crippen LogP contribution in [-0.4, -0.2) is 47.9 Å². The Balaban J connectivity index is 1.57. The van der Waals surface area contributed by atoms with Crippen molar-refractivity contribution in [1.29, 1.82) is 0 Å². The third kappa shape index (κ3) is 5.65. The summed E-state index contributed by atoms with van der Waals surface area (Å²) in [6.45, 7) is 1.58. The standard InChI is InChI=1S/C22H28Cl3N5O3S/c23-16-11-17(24)20(18(26)12-16)34(32,33)28-19(6-9-29-10-7-27-22(29)25)21(31)30-8-5-14-3-1-2-4-15(14)13-30/h7,10-12,14-15,19,28H,1-6,8-9,13,26H2/t14-,15-,19?/m1/s1. The summed E-state index contributed by atoms with van der Waals surface area (Å²) in [6.07, 6.45) is 9.08. The molecule has 3 atom stereocenters. The molecule has 12 heteroatoms. The second-order valence-corrected chi connectivity index (χ2v) is 11.9. The number of benzene rings is 1. The largest absolute Gasteiger partial charge is 0.398 e. The number of halogens is 3. The van der Waals surface area contributed by atoms with Gasteiger partial charge in [-0.3, -0.25) is 4.79 Å². The van der Waals surface area contributed by atoms with Crippen LogP contribution in [0.5, 0.6) is 0 Å². The van der Waals surface area contributed by atoms with Gasteiger partial charge >= 0.3 is 0 Å². The molecule has 1 aliphatic heterocycles. The van der Waals surface area contributed by atoms with E-state index in [0.717, 1.165) is 12.8 Å². The number of hydrogen-bond donors (Lipinski definition) is 2. The number of rotatable bonds is 7. The minimum atomic E-state index is -4.22. The molecule has 2 aliphatic rings. The van der Waals surface area contributed by atoms with Gasteiger partial charge in [0.1, 0.15) is 10.9 Å². The van der Waals surface area contributed by atoms with E-state index in [9.17, 15) is 13.2 Å². The second-order valence-electron chi connectivity index (χ2n) is 9.04. The molecule has 1 aliphatic carbocycles. The Labute approximate surface area is 214 Å². The van der Waals surface area contributed by atoms with E-state index < -0.39 is 16.1 Å². The molecule has 3 N–H and O–H groups in total. The molecule has 1 unspecified atom stereocenters. The van der Waals surface area contributed by atoms with Gasteiger partial charge in [0.25, 0.3) is 0 Å². The van der Waals surface area contributed by atoms with Gasteiger partial charge < -0.3 is 15.2 Å². The number of hydrogen-bond acceptors (Lipinski definition) is 5. The molecule has 1 saturated carbocycles. The van der Waals surface area contributed by atoms with E-state index in [1.165, 1.54) is 31.4 Å².